The Bertz CT molecular complexity index is 997. The minimum absolute atomic E-state index is 0.270. The van der Waals surface area contributed by atoms with Gasteiger partial charge in [-0.3, -0.25) is 0 Å². The normalized spacial score (nSPS) is 11.3. The van der Waals surface area contributed by atoms with Crippen LogP contribution in [-0.2, 0) is 0 Å². The highest BCUT2D eigenvalue weighted by Gasteiger charge is 2.14. The lowest BCUT2D eigenvalue weighted by Gasteiger charge is -2.09. The molecule has 0 unspecified atom stereocenters. The molecule has 3 aromatic carbocycles. The molecule has 0 fully saturated rings. The summed E-state index contributed by atoms with van der Waals surface area (Å²) in [7, 11) is 0. The van der Waals surface area contributed by atoms with Gasteiger partial charge < -0.3 is 15.8 Å². The molecule has 1 aromatic heterocycles. The van der Waals surface area contributed by atoms with Gasteiger partial charge >= 0.3 is 0 Å². The molecule has 0 atom stereocenters. The molecule has 22 heavy (non-hydrogen) atoms. The zero-order valence-electron chi connectivity index (χ0n) is 12.2. The van der Waals surface area contributed by atoms with Crippen LogP contribution in [0.1, 0.15) is 5.56 Å². The molecule has 0 bridgehead atoms. The van der Waals surface area contributed by atoms with E-state index in [0.29, 0.717) is 0 Å². The van der Waals surface area contributed by atoms with Gasteiger partial charge in [0.2, 0.25) is 0 Å². The van der Waals surface area contributed by atoms with Crippen LogP contribution in [0.4, 0.5) is 5.69 Å². The summed E-state index contributed by atoms with van der Waals surface area (Å²) in [4.78, 5) is 3.43. The smallest absolute Gasteiger partial charge is 0.115 e. The van der Waals surface area contributed by atoms with Gasteiger partial charge in [-0.15, -0.1) is 0 Å². The molecule has 3 heteroatoms. The Hall–Kier alpha value is -2.94. The first kappa shape index (κ1) is 12.8. The van der Waals surface area contributed by atoms with E-state index in [-0.39, 0.29) is 5.75 Å². The maximum absolute atomic E-state index is 9.52. The number of anilines is 1. The molecule has 0 radical (unpaired) electrons. The number of benzene rings is 3. The van der Waals surface area contributed by atoms with Crippen LogP contribution in [0.3, 0.4) is 0 Å². The number of phenols is 1. The number of hydrogen-bond acceptors (Lipinski definition) is 2. The second kappa shape index (κ2) is 4.53. The van der Waals surface area contributed by atoms with Crippen LogP contribution in [0.2, 0.25) is 0 Å². The number of hydrogen-bond donors (Lipinski definition) is 3. The molecule has 0 aliphatic heterocycles. The van der Waals surface area contributed by atoms with Crippen LogP contribution < -0.4 is 5.73 Å². The number of fused-ring (bicyclic) bond motifs is 3. The van der Waals surface area contributed by atoms with Crippen LogP contribution in [0.25, 0.3) is 32.9 Å². The van der Waals surface area contributed by atoms with Crippen molar-refractivity contribution in [2.45, 2.75) is 6.92 Å². The fourth-order valence-electron chi connectivity index (χ4n) is 3.06. The number of aromatic hydroxyl groups is 1. The summed E-state index contributed by atoms with van der Waals surface area (Å²) in [5.41, 5.74) is 12.4. The predicted molar refractivity (Wildman–Crippen MR) is 92.1 cm³/mol. The minimum Gasteiger partial charge on any atom is -0.508 e. The molecule has 108 valence electrons. The largest absolute Gasteiger partial charge is 0.508 e. The van der Waals surface area contributed by atoms with Gasteiger partial charge in [-0.25, -0.2) is 0 Å². The molecule has 0 amide bonds. The molecule has 0 aliphatic rings. The summed E-state index contributed by atoms with van der Waals surface area (Å²) in [5, 5.41) is 11.8. The second-order valence-corrected chi connectivity index (χ2v) is 5.62. The number of phenolic OH excluding ortho intramolecular Hbond substituents is 1. The molecule has 0 saturated carbocycles. The zero-order chi connectivity index (χ0) is 15.3. The molecular weight excluding hydrogens is 272 g/mol. The maximum atomic E-state index is 9.52. The Morgan fingerprint density at radius 3 is 2.50 bits per heavy atom. The van der Waals surface area contributed by atoms with Crippen molar-refractivity contribution in [3.05, 3.63) is 60.2 Å². The molecule has 0 aliphatic carbocycles. The number of aromatic amines is 1. The number of nitrogens with two attached hydrogens (primary N) is 1. The van der Waals surface area contributed by atoms with E-state index in [0.717, 1.165) is 44.2 Å². The lowest BCUT2D eigenvalue weighted by Crippen LogP contribution is -1.93. The first-order valence-corrected chi connectivity index (χ1v) is 7.24. The van der Waals surface area contributed by atoms with Gasteiger partial charge in [-0.05, 0) is 47.9 Å². The summed E-state index contributed by atoms with van der Waals surface area (Å²) in [6.07, 6.45) is 0. The molecule has 4 aromatic rings. The predicted octanol–water partition coefficient (Wildman–Crippen LogP) is 4.58. The summed E-state index contributed by atoms with van der Waals surface area (Å²) >= 11 is 0. The number of nitrogen functional groups attached to an aromatic ring is 1. The zero-order valence-corrected chi connectivity index (χ0v) is 12.2. The van der Waals surface area contributed by atoms with E-state index in [4.69, 9.17) is 5.73 Å². The highest BCUT2D eigenvalue weighted by Crippen LogP contribution is 2.39. The number of H-pyrrole nitrogens is 1. The van der Waals surface area contributed by atoms with Gasteiger partial charge in [0, 0.05) is 16.3 Å². The quantitative estimate of drug-likeness (QED) is 0.449. The fourth-order valence-corrected chi connectivity index (χ4v) is 3.06. The standard InChI is InChI=1S/C19H16N2O/c1-11-10-15(12-6-8-13(22)9-7-12)17-14-4-2-3-5-16(14)21-19(17)18(11)20/h2-10,21-22H,20H2,1H3. The summed E-state index contributed by atoms with van der Waals surface area (Å²) < 4.78 is 0. The van der Waals surface area contributed by atoms with E-state index >= 15 is 0 Å². The van der Waals surface area contributed by atoms with Crippen LogP contribution in [0.15, 0.2) is 54.6 Å². The van der Waals surface area contributed by atoms with Crippen molar-refractivity contribution in [1.29, 1.82) is 0 Å². The van der Waals surface area contributed by atoms with Gasteiger partial charge in [0.1, 0.15) is 5.75 Å². The Kier molecular flexibility index (Phi) is 2.63. The second-order valence-electron chi connectivity index (χ2n) is 5.62. The maximum Gasteiger partial charge on any atom is 0.115 e. The van der Waals surface area contributed by atoms with Crippen LogP contribution in [0, 0.1) is 6.92 Å². The summed E-state index contributed by atoms with van der Waals surface area (Å²) in [6, 6.07) is 17.6. The first-order valence-electron chi connectivity index (χ1n) is 7.24. The monoisotopic (exact) mass is 288 g/mol. The Labute approximate surface area is 128 Å². The molecule has 4 rings (SSSR count). The van der Waals surface area contributed by atoms with Crippen LogP contribution in [-0.4, -0.2) is 10.1 Å². The van der Waals surface area contributed by atoms with Gasteiger partial charge in [0.25, 0.3) is 0 Å². The van der Waals surface area contributed by atoms with E-state index in [9.17, 15) is 5.11 Å². The van der Waals surface area contributed by atoms with Gasteiger partial charge in [0.05, 0.1) is 11.2 Å². The molecular formula is C19H16N2O. The van der Waals surface area contributed by atoms with Crippen molar-refractivity contribution in [1.82, 2.24) is 4.98 Å². The number of nitrogens with one attached hydrogen (secondary N) is 1. The number of aromatic nitrogens is 1. The van der Waals surface area contributed by atoms with Crippen LogP contribution >= 0.6 is 0 Å². The summed E-state index contributed by atoms with van der Waals surface area (Å²) in [5.74, 6) is 0.270. The number of aryl methyl sites for hydroxylation is 1. The van der Waals surface area contributed by atoms with Crippen molar-refractivity contribution in [3.63, 3.8) is 0 Å². The van der Waals surface area contributed by atoms with E-state index in [1.54, 1.807) is 12.1 Å². The van der Waals surface area contributed by atoms with Crippen molar-refractivity contribution in [3.8, 4) is 16.9 Å². The molecule has 1 heterocycles. The van der Waals surface area contributed by atoms with Gasteiger partial charge in [-0.2, -0.15) is 0 Å². The van der Waals surface area contributed by atoms with E-state index in [1.165, 1.54) is 0 Å². The van der Waals surface area contributed by atoms with Crippen LogP contribution in [0.5, 0.6) is 5.75 Å². The van der Waals surface area contributed by atoms with E-state index in [1.807, 2.05) is 31.2 Å². The molecule has 0 saturated heterocycles. The Balaban J connectivity index is 2.17. The lowest BCUT2D eigenvalue weighted by atomic mass is 9.96. The lowest BCUT2D eigenvalue weighted by molar-refractivity contribution is 0.475. The minimum atomic E-state index is 0.270. The highest BCUT2D eigenvalue weighted by atomic mass is 16.3. The molecule has 0 spiro atoms. The molecule has 4 N–H and O–H groups in total. The number of rotatable bonds is 1. The van der Waals surface area contributed by atoms with Crippen molar-refractivity contribution in [2.75, 3.05) is 5.73 Å². The van der Waals surface area contributed by atoms with E-state index < -0.39 is 0 Å². The van der Waals surface area contributed by atoms with Crippen molar-refractivity contribution in [2.24, 2.45) is 0 Å². The first-order chi connectivity index (χ1) is 10.6. The molecule has 3 nitrogen and oxygen atoms in total. The third kappa shape index (κ3) is 1.76. The third-order valence-corrected chi connectivity index (χ3v) is 4.21. The Morgan fingerprint density at radius 2 is 1.73 bits per heavy atom. The van der Waals surface area contributed by atoms with Crippen molar-refractivity contribution < 1.29 is 5.11 Å². The fraction of sp³-hybridized carbons (Fsp3) is 0.0526. The van der Waals surface area contributed by atoms with Crippen molar-refractivity contribution >= 4 is 27.5 Å². The van der Waals surface area contributed by atoms with Gasteiger partial charge in [0.15, 0.2) is 0 Å². The van der Waals surface area contributed by atoms with E-state index in [2.05, 4.69) is 23.2 Å². The average molecular weight is 288 g/mol. The third-order valence-electron chi connectivity index (χ3n) is 4.21. The SMILES string of the molecule is Cc1cc(-c2ccc(O)cc2)c2c([nH]c3ccccc32)c1N. The highest BCUT2D eigenvalue weighted by molar-refractivity contribution is 6.17. The summed E-state index contributed by atoms with van der Waals surface area (Å²) in [6.45, 7) is 2.02. The van der Waals surface area contributed by atoms with Gasteiger partial charge in [-0.1, -0.05) is 30.3 Å². The average Bonchev–Trinajstić information content (AvgIpc) is 2.92. The topological polar surface area (TPSA) is 62.0 Å². The Morgan fingerprint density at radius 1 is 1.00 bits per heavy atom. The number of para-hydroxylation sites is 1.